The van der Waals surface area contributed by atoms with Gasteiger partial charge in [0.2, 0.25) is 0 Å². The summed E-state index contributed by atoms with van der Waals surface area (Å²) in [6.07, 6.45) is 2.20. The molecule has 0 radical (unpaired) electrons. The molecule has 0 saturated carbocycles. The lowest BCUT2D eigenvalue weighted by molar-refractivity contribution is 0.195. The number of thiazole rings is 1. The Morgan fingerprint density at radius 1 is 1.42 bits per heavy atom. The van der Waals surface area contributed by atoms with Crippen LogP contribution in [0.25, 0.3) is 0 Å². The van der Waals surface area contributed by atoms with Gasteiger partial charge in [0.15, 0.2) is 0 Å². The summed E-state index contributed by atoms with van der Waals surface area (Å²) < 4.78 is 4.99. The number of hydrogen-bond donors (Lipinski definition) is 0. The van der Waals surface area contributed by atoms with Crippen molar-refractivity contribution in [3.8, 4) is 0 Å². The van der Waals surface area contributed by atoms with Crippen molar-refractivity contribution in [3.05, 3.63) is 15.6 Å². The molecule has 1 heterocycles. The number of rotatable bonds is 4. The lowest BCUT2D eigenvalue weighted by Crippen LogP contribution is -1.91. The quantitative estimate of drug-likeness (QED) is 0.672. The molecule has 3 heteroatoms. The zero-order chi connectivity index (χ0) is 8.97. The summed E-state index contributed by atoms with van der Waals surface area (Å²) in [7, 11) is 1.74. The van der Waals surface area contributed by atoms with E-state index < -0.39 is 0 Å². The molecule has 0 spiro atoms. The van der Waals surface area contributed by atoms with Crippen LogP contribution >= 0.6 is 11.3 Å². The summed E-state index contributed by atoms with van der Waals surface area (Å²) in [5.41, 5.74) is 1.19. The van der Waals surface area contributed by atoms with Crippen LogP contribution < -0.4 is 0 Å². The van der Waals surface area contributed by atoms with Gasteiger partial charge in [0, 0.05) is 18.6 Å². The second-order valence-corrected chi connectivity index (χ2v) is 4.13. The molecule has 0 fully saturated rings. The van der Waals surface area contributed by atoms with Crippen molar-refractivity contribution in [2.45, 2.75) is 26.7 Å². The van der Waals surface area contributed by atoms with E-state index in [0.29, 0.717) is 0 Å². The largest absolute Gasteiger partial charge is 0.385 e. The van der Waals surface area contributed by atoms with Crippen molar-refractivity contribution < 1.29 is 4.74 Å². The van der Waals surface area contributed by atoms with Gasteiger partial charge in [0.1, 0.15) is 0 Å². The molecule has 12 heavy (non-hydrogen) atoms. The lowest BCUT2D eigenvalue weighted by atomic mass is 10.2. The van der Waals surface area contributed by atoms with E-state index in [-0.39, 0.29) is 0 Å². The molecule has 1 rings (SSSR count). The molecule has 0 atom stereocenters. The fraction of sp³-hybridized carbons (Fsp3) is 0.667. The summed E-state index contributed by atoms with van der Waals surface area (Å²) in [5, 5.41) is 1.17. The van der Waals surface area contributed by atoms with Crippen molar-refractivity contribution in [2.24, 2.45) is 0 Å². The molecule has 68 valence electrons. The molecule has 1 aromatic heterocycles. The third-order valence-corrected chi connectivity index (χ3v) is 2.88. The first-order valence-corrected chi connectivity index (χ1v) is 4.97. The lowest BCUT2D eigenvalue weighted by Gasteiger charge is -1.97. The van der Waals surface area contributed by atoms with E-state index in [0.717, 1.165) is 19.4 Å². The minimum atomic E-state index is 0.844. The highest BCUT2D eigenvalue weighted by molar-refractivity contribution is 7.11. The molecule has 0 bridgehead atoms. The standard InChI is InChI=1S/C9H15NOS/c1-7-9(5-4-6-11-3)12-8(2)10-7/h4-6H2,1-3H3. The van der Waals surface area contributed by atoms with Gasteiger partial charge in [-0.05, 0) is 26.7 Å². The van der Waals surface area contributed by atoms with Crippen LogP contribution in [0.2, 0.25) is 0 Å². The Hall–Kier alpha value is -0.410. The van der Waals surface area contributed by atoms with Crippen LogP contribution in [0.1, 0.15) is 22.0 Å². The first-order valence-electron chi connectivity index (χ1n) is 4.16. The van der Waals surface area contributed by atoms with Gasteiger partial charge < -0.3 is 4.74 Å². The number of aromatic nitrogens is 1. The van der Waals surface area contributed by atoms with E-state index in [9.17, 15) is 0 Å². The van der Waals surface area contributed by atoms with Gasteiger partial charge in [-0.3, -0.25) is 0 Å². The second kappa shape index (κ2) is 4.58. The van der Waals surface area contributed by atoms with Gasteiger partial charge in [-0.2, -0.15) is 0 Å². The van der Waals surface area contributed by atoms with Gasteiger partial charge in [-0.25, -0.2) is 4.98 Å². The zero-order valence-corrected chi connectivity index (χ0v) is 8.70. The van der Waals surface area contributed by atoms with Crippen LogP contribution in [-0.2, 0) is 11.2 Å². The average molecular weight is 185 g/mol. The third kappa shape index (κ3) is 2.57. The fourth-order valence-electron chi connectivity index (χ4n) is 1.18. The molecule has 0 N–H and O–H groups in total. The molecule has 0 amide bonds. The summed E-state index contributed by atoms with van der Waals surface area (Å²) in [5.74, 6) is 0. The first kappa shape index (κ1) is 9.68. The van der Waals surface area contributed by atoms with E-state index in [4.69, 9.17) is 4.74 Å². The monoisotopic (exact) mass is 185 g/mol. The van der Waals surface area contributed by atoms with Gasteiger partial charge in [0.05, 0.1) is 10.7 Å². The van der Waals surface area contributed by atoms with Crippen LogP contribution in [0.3, 0.4) is 0 Å². The predicted molar refractivity (Wildman–Crippen MR) is 51.8 cm³/mol. The summed E-state index contributed by atoms with van der Waals surface area (Å²) in [6, 6.07) is 0. The third-order valence-electron chi connectivity index (χ3n) is 1.75. The highest BCUT2D eigenvalue weighted by atomic mass is 32.1. The van der Waals surface area contributed by atoms with Crippen LogP contribution in [0, 0.1) is 13.8 Å². The van der Waals surface area contributed by atoms with Gasteiger partial charge in [-0.15, -0.1) is 11.3 Å². The van der Waals surface area contributed by atoms with Crippen molar-refractivity contribution >= 4 is 11.3 Å². The Morgan fingerprint density at radius 3 is 2.67 bits per heavy atom. The first-order chi connectivity index (χ1) is 5.74. The molecular weight excluding hydrogens is 170 g/mol. The summed E-state index contributed by atoms with van der Waals surface area (Å²) in [6.45, 7) is 4.97. The van der Waals surface area contributed by atoms with Crippen LogP contribution in [0.4, 0.5) is 0 Å². The Labute approximate surface area is 77.6 Å². The highest BCUT2D eigenvalue weighted by Gasteiger charge is 2.03. The van der Waals surface area contributed by atoms with E-state index in [2.05, 4.69) is 18.8 Å². The van der Waals surface area contributed by atoms with Crippen LogP contribution in [0.15, 0.2) is 0 Å². The maximum absolute atomic E-state index is 4.99. The van der Waals surface area contributed by atoms with E-state index in [1.165, 1.54) is 15.6 Å². The number of hydrogen-bond acceptors (Lipinski definition) is 3. The Morgan fingerprint density at radius 2 is 2.17 bits per heavy atom. The van der Waals surface area contributed by atoms with Gasteiger partial charge >= 0.3 is 0 Å². The van der Waals surface area contributed by atoms with Crippen molar-refractivity contribution in [1.82, 2.24) is 4.98 Å². The van der Waals surface area contributed by atoms with Crippen molar-refractivity contribution in [2.75, 3.05) is 13.7 Å². The average Bonchev–Trinajstić information content (AvgIpc) is 2.31. The zero-order valence-electron chi connectivity index (χ0n) is 7.89. The second-order valence-electron chi connectivity index (χ2n) is 2.84. The van der Waals surface area contributed by atoms with E-state index in [1.807, 2.05) is 0 Å². The Kier molecular flexibility index (Phi) is 3.69. The number of ether oxygens (including phenoxy) is 1. The SMILES string of the molecule is COCCCc1sc(C)nc1C. The number of aryl methyl sites for hydroxylation is 3. The van der Waals surface area contributed by atoms with Crippen LogP contribution in [0.5, 0.6) is 0 Å². The molecule has 1 aromatic rings. The molecule has 0 aliphatic heterocycles. The maximum atomic E-state index is 4.99. The summed E-state index contributed by atoms with van der Waals surface area (Å²) in [4.78, 5) is 5.77. The molecule has 0 saturated heterocycles. The normalized spacial score (nSPS) is 10.6. The number of methoxy groups -OCH3 is 1. The van der Waals surface area contributed by atoms with Crippen molar-refractivity contribution in [3.63, 3.8) is 0 Å². The maximum Gasteiger partial charge on any atom is 0.0900 e. The van der Waals surface area contributed by atoms with E-state index >= 15 is 0 Å². The minimum absolute atomic E-state index is 0.844. The highest BCUT2D eigenvalue weighted by Crippen LogP contribution is 2.18. The number of nitrogens with zero attached hydrogens (tertiary/aromatic N) is 1. The minimum Gasteiger partial charge on any atom is -0.385 e. The topological polar surface area (TPSA) is 22.1 Å². The van der Waals surface area contributed by atoms with Crippen molar-refractivity contribution in [1.29, 1.82) is 0 Å². The summed E-state index contributed by atoms with van der Waals surface area (Å²) >= 11 is 1.80. The molecule has 2 nitrogen and oxygen atoms in total. The van der Waals surface area contributed by atoms with Crippen LogP contribution in [-0.4, -0.2) is 18.7 Å². The van der Waals surface area contributed by atoms with E-state index in [1.54, 1.807) is 18.4 Å². The molecule has 0 aromatic carbocycles. The molecule has 0 unspecified atom stereocenters. The van der Waals surface area contributed by atoms with Gasteiger partial charge in [0.25, 0.3) is 0 Å². The Balaban J connectivity index is 2.45. The molecule has 0 aliphatic rings. The molecule has 0 aliphatic carbocycles. The van der Waals surface area contributed by atoms with Gasteiger partial charge in [-0.1, -0.05) is 0 Å². The fourth-order valence-corrected chi connectivity index (χ4v) is 2.16. The smallest absolute Gasteiger partial charge is 0.0900 e. The Bertz CT molecular complexity index is 245. The predicted octanol–water partition coefficient (Wildman–Crippen LogP) is 2.34. The molecular formula is C9H15NOS.